The summed E-state index contributed by atoms with van der Waals surface area (Å²) in [6, 6.07) is 5.46. The van der Waals surface area contributed by atoms with Crippen molar-refractivity contribution in [1.29, 1.82) is 0 Å². The van der Waals surface area contributed by atoms with Gasteiger partial charge in [0.15, 0.2) is 11.7 Å². The average Bonchev–Trinajstić information content (AvgIpc) is 2.25. The van der Waals surface area contributed by atoms with Crippen LogP contribution >= 0.6 is 22.6 Å². The first kappa shape index (κ1) is 12.7. The molecule has 1 aromatic carbocycles. The van der Waals surface area contributed by atoms with Gasteiger partial charge in [-0.2, -0.15) is 0 Å². The van der Waals surface area contributed by atoms with Gasteiger partial charge in [0.25, 0.3) is 0 Å². The molecule has 0 aromatic heterocycles. The lowest BCUT2D eigenvalue weighted by molar-refractivity contribution is 0.104. The highest BCUT2D eigenvalue weighted by atomic mass is 127. The van der Waals surface area contributed by atoms with Crippen molar-refractivity contribution in [3.8, 4) is 0 Å². The number of ketones is 1. The van der Waals surface area contributed by atoms with E-state index in [4.69, 9.17) is 11.5 Å². The Bertz CT molecular complexity index is 451. The van der Waals surface area contributed by atoms with E-state index < -0.39 is 0 Å². The average molecular weight is 329 g/mol. The van der Waals surface area contributed by atoms with Gasteiger partial charge in [-0.25, -0.2) is 4.99 Å². The molecule has 0 radical (unpaired) electrons. The molecule has 0 aliphatic heterocycles. The summed E-state index contributed by atoms with van der Waals surface area (Å²) in [5, 5.41) is 0. The number of allylic oxidation sites excluding steroid dienone is 1. The van der Waals surface area contributed by atoms with E-state index in [9.17, 15) is 4.79 Å². The van der Waals surface area contributed by atoms with Crippen molar-refractivity contribution >= 4 is 34.3 Å². The second-order valence-corrected chi connectivity index (χ2v) is 4.29. The Labute approximate surface area is 108 Å². The normalized spacial score (nSPS) is 9.56. The number of hydrogen-bond acceptors (Lipinski definition) is 2. The zero-order chi connectivity index (χ0) is 12.1. The largest absolute Gasteiger partial charge is 0.370 e. The molecule has 4 N–H and O–H groups in total. The third-order valence-corrected chi connectivity index (χ3v) is 2.82. The molecular weight excluding hydrogens is 317 g/mol. The number of rotatable bonds is 4. The summed E-state index contributed by atoms with van der Waals surface area (Å²) in [5.41, 5.74) is 12.1. The fraction of sp³-hybridized carbons (Fsp3) is 0.0909. The van der Waals surface area contributed by atoms with Gasteiger partial charge in [0.2, 0.25) is 0 Å². The molecule has 0 spiro atoms. The van der Waals surface area contributed by atoms with Gasteiger partial charge in [0.05, 0.1) is 6.54 Å². The van der Waals surface area contributed by atoms with E-state index in [1.165, 1.54) is 6.08 Å². The van der Waals surface area contributed by atoms with Crippen molar-refractivity contribution in [2.45, 2.75) is 6.54 Å². The molecule has 1 rings (SSSR count). The molecule has 16 heavy (non-hydrogen) atoms. The molecule has 0 unspecified atom stereocenters. The lowest BCUT2D eigenvalue weighted by atomic mass is 10.1. The summed E-state index contributed by atoms with van der Waals surface area (Å²) in [6.07, 6.45) is 1.30. The molecule has 0 fully saturated rings. The van der Waals surface area contributed by atoms with Gasteiger partial charge in [-0.1, -0.05) is 12.6 Å². The van der Waals surface area contributed by atoms with E-state index in [2.05, 4.69) is 34.2 Å². The summed E-state index contributed by atoms with van der Waals surface area (Å²) in [6.45, 7) is 3.87. The van der Waals surface area contributed by atoms with Crippen LogP contribution in [-0.2, 0) is 6.54 Å². The number of aliphatic imine (C=N–C) groups is 1. The van der Waals surface area contributed by atoms with E-state index in [1.54, 1.807) is 6.07 Å². The van der Waals surface area contributed by atoms with Crippen LogP contribution < -0.4 is 11.5 Å². The highest BCUT2D eigenvalue weighted by Crippen LogP contribution is 2.16. The maximum atomic E-state index is 11.4. The Hall–Kier alpha value is -1.37. The smallest absolute Gasteiger partial charge is 0.186 e. The third kappa shape index (κ3) is 3.34. The number of hydrogen-bond donors (Lipinski definition) is 2. The summed E-state index contributed by atoms with van der Waals surface area (Å²) in [4.78, 5) is 15.3. The fourth-order valence-electron chi connectivity index (χ4n) is 1.15. The summed E-state index contributed by atoms with van der Waals surface area (Å²) in [7, 11) is 0. The van der Waals surface area contributed by atoms with E-state index in [1.807, 2.05) is 12.1 Å². The SMILES string of the molecule is C=CC(=O)c1ccc(CN=C(N)N)cc1I. The molecule has 4 nitrogen and oxygen atoms in total. The lowest BCUT2D eigenvalue weighted by Crippen LogP contribution is -2.22. The van der Waals surface area contributed by atoms with Gasteiger partial charge in [-0.15, -0.1) is 0 Å². The Kier molecular flexibility index (Phi) is 4.48. The maximum Gasteiger partial charge on any atom is 0.186 e. The van der Waals surface area contributed by atoms with E-state index >= 15 is 0 Å². The van der Waals surface area contributed by atoms with Crippen LogP contribution in [0.5, 0.6) is 0 Å². The molecule has 0 atom stereocenters. The first-order valence-corrected chi connectivity index (χ1v) is 5.63. The fourth-order valence-corrected chi connectivity index (χ4v) is 1.99. The maximum absolute atomic E-state index is 11.4. The van der Waals surface area contributed by atoms with Crippen molar-refractivity contribution in [3.63, 3.8) is 0 Å². The molecule has 0 saturated carbocycles. The molecule has 0 aliphatic rings. The Morgan fingerprint density at radius 3 is 2.69 bits per heavy atom. The number of nitrogens with two attached hydrogens (primary N) is 2. The molecule has 0 bridgehead atoms. The van der Waals surface area contributed by atoms with Crippen LogP contribution in [0.4, 0.5) is 0 Å². The van der Waals surface area contributed by atoms with Gasteiger partial charge < -0.3 is 11.5 Å². The second-order valence-electron chi connectivity index (χ2n) is 3.12. The van der Waals surface area contributed by atoms with Gasteiger partial charge in [0.1, 0.15) is 0 Å². The minimum atomic E-state index is -0.0854. The van der Waals surface area contributed by atoms with Gasteiger partial charge in [-0.3, -0.25) is 4.79 Å². The third-order valence-electron chi connectivity index (χ3n) is 1.93. The molecular formula is C11H12IN3O. The van der Waals surface area contributed by atoms with Gasteiger partial charge >= 0.3 is 0 Å². The van der Waals surface area contributed by atoms with Crippen LogP contribution in [0.15, 0.2) is 35.8 Å². The van der Waals surface area contributed by atoms with Crippen LogP contribution in [0.2, 0.25) is 0 Å². The Morgan fingerprint density at radius 1 is 1.50 bits per heavy atom. The molecule has 0 heterocycles. The van der Waals surface area contributed by atoms with Crippen molar-refractivity contribution in [2.75, 3.05) is 0 Å². The predicted molar refractivity (Wildman–Crippen MR) is 73.2 cm³/mol. The second kappa shape index (κ2) is 5.64. The van der Waals surface area contributed by atoms with Crippen LogP contribution in [-0.4, -0.2) is 11.7 Å². The number of benzene rings is 1. The molecule has 0 aliphatic carbocycles. The van der Waals surface area contributed by atoms with Crippen LogP contribution in [0.25, 0.3) is 0 Å². The summed E-state index contributed by atoms with van der Waals surface area (Å²) < 4.78 is 0.866. The van der Waals surface area contributed by atoms with Gasteiger partial charge in [0, 0.05) is 9.13 Å². The number of carbonyl (C=O) groups is 1. The van der Waals surface area contributed by atoms with Crippen molar-refractivity contribution in [1.82, 2.24) is 0 Å². The predicted octanol–water partition coefficient (Wildman–Crippen LogP) is 1.43. The quantitative estimate of drug-likeness (QED) is 0.288. The van der Waals surface area contributed by atoms with E-state index in [-0.39, 0.29) is 11.7 Å². The first-order valence-electron chi connectivity index (χ1n) is 4.55. The zero-order valence-electron chi connectivity index (χ0n) is 8.61. The lowest BCUT2D eigenvalue weighted by Gasteiger charge is -2.03. The summed E-state index contributed by atoms with van der Waals surface area (Å²) >= 11 is 2.10. The molecule has 84 valence electrons. The van der Waals surface area contributed by atoms with E-state index in [0.717, 1.165) is 9.13 Å². The minimum absolute atomic E-state index is 0.0567. The van der Waals surface area contributed by atoms with Crippen LogP contribution in [0.3, 0.4) is 0 Å². The standard InChI is InChI=1S/C11H12IN3O/c1-2-10(16)8-4-3-7(5-9(8)12)6-15-11(13)14/h2-5H,1,6H2,(H4,13,14,15). The minimum Gasteiger partial charge on any atom is -0.370 e. The number of nitrogens with zero attached hydrogens (tertiary/aromatic N) is 1. The number of guanidine groups is 1. The monoisotopic (exact) mass is 329 g/mol. The number of halogens is 1. The molecule has 1 aromatic rings. The topological polar surface area (TPSA) is 81.5 Å². The first-order chi connectivity index (χ1) is 7.54. The highest BCUT2D eigenvalue weighted by molar-refractivity contribution is 14.1. The Balaban J connectivity index is 2.95. The summed E-state index contributed by atoms with van der Waals surface area (Å²) in [5.74, 6) is -0.0287. The van der Waals surface area contributed by atoms with Crippen LogP contribution in [0, 0.1) is 3.57 Å². The molecule has 0 amide bonds. The number of carbonyl (C=O) groups excluding carboxylic acids is 1. The Morgan fingerprint density at radius 2 is 2.19 bits per heavy atom. The zero-order valence-corrected chi connectivity index (χ0v) is 10.8. The van der Waals surface area contributed by atoms with E-state index in [0.29, 0.717) is 12.1 Å². The van der Waals surface area contributed by atoms with Crippen molar-refractivity contribution < 1.29 is 4.79 Å². The highest BCUT2D eigenvalue weighted by Gasteiger charge is 2.06. The van der Waals surface area contributed by atoms with Crippen molar-refractivity contribution in [2.24, 2.45) is 16.5 Å². The van der Waals surface area contributed by atoms with Crippen molar-refractivity contribution in [3.05, 3.63) is 45.6 Å². The van der Waals surface area contributed by atoms with Crippen LogP contribution in [0.1, 0.15) is 15.9 Å². The molecule has 0 saturated heterocycles. The van der Waals surface area contributed by atoms with Gasteiger partial charge in [-0.05, 0) is 46.4 Å². The molecule has 5 heteroatoms.